The molecule has 24 heavy (non-hydrogen) atoms. The fourth-order valence-corrected chi connectivity index (χ4v) is 2.17. The van der Waals surface area contributed by atoms with Gasteiger partial charge in [0.2, 0.25) is 5.79 Å². The lowest BCUT2D eigenvalue weighted by Crippen LogP contribution is -2.34. The highest BCUT2D eigenvalue weighted by Crippen LogP contribution is 2.25. The van der Waals surface area contributed by atoms with E-state index in [2.05, 4.69) is 4.74 Å². The number of hydrogen-bond acceptors (Lipinski definition) is 7. The van der Waals surface area contributed by atoms with Crippen LogP contribution in [0.1, 0.15) is 38.1 Å². The summed E-state index contributed by atoms with van der Waals surface area (Å²) >= 11 is 0. The van der Waals surface area contributed by atoms with Crippen LogP contribution in [0.4, 0.5) is 4.39 Å². The Hall–Kier alpha value is -1.71. The second-order valence-corrected chi connectivity index (χ2v) is 7.24. The third-order valence-electron chi connectivity index (χ3n) is 2.61. The first-order valence-corrected chi connectivity index (χ1v) is 8.74. The topological polar surface area (TPSA) is 102 Å². The Morgan fingerprint density at radius 3 is 2.50 bits per heavy atom. The summed E-state index contributed by atoms with van der Waals surface area (Å²) in [5.74, 6) is -3.78. The number of carbonyl (C=O) groups is 1. The van der Waals surface area contributed by atoms with E-state index in [9.17, 15) is 22.2 Å². The molecule has 0 amide bonds. The van der Waals surface area contributed by atoms with E-state index in [1.807, 2.05) is 0 Å². The molecule has 0 saturated heterocycles. The predicted molar refractivity (Wildman–Crippen MR) is 82.2 cm³/mol. The van der Waals surface area contributed by atoms with Gasteiger partial charge in [0.1, 0.15) is 6.61 Å². The van der Waals surface area contributed by atoms with E-state index in [0.29, 0.717) is 0 Å². The van der Waals surface area contributed by atoms with Gasteiger partial charge >= 0.3 is 5.97 Å². The van der Waals surface area contributed by atoms with Gasteiger partial charge in [0.15, 0.2) is 11.6 Å². The number of carbonyl (C=O) groups excluding carboxylic acids is 1. The molecular weight excluding hydrogens is 343 g/mol. The lowest BCUT2D eigenvalue weighted by atomic mass is 10.2. The van der Waals surface area contributed by atoms with Crippen LogP contribution in [0.2, 0.25) is 0 Å². The van der Waals surface area contributed by atoms with E-state index in [1.165, 1.54) is 0 Å². The molecule has 1 rings (SSSR count). The van der Waals surface area contributed by atoms with Crippen LogP contribution in [0.3, 0.4) is 0 Å². The Balaban J connectivity index is 2.83. The van der Waals surface area contributed by atoms with Crippen LogP contribution in [0.15, 0.2) is 18.2 Å². The Morgan fingerprint density at radius 2 is 1.96 bits per heavy atom. The molecule has 0 saturated carbocycles. The number of benzene rings is 1. The van der Waals surface area contributed by atoms with E-state index in [1.54, 1.807) is 27.7 Å². The molecule has 0 aliphatic rings. The van der Waals surface area contributed by atoms with Crippen molar-refractivity contribution in [3.63, 3.8) is 0 Å². The molecule has 0 aromatic heterocycles. The van der Waals surface area contributed by atoms with Crippen molar-refractivity contribution in [2.24, 2.45) is 0 Å². The minimum atomic E-state index is -4.48. The van der Waals surface area contributed by atoms with E-state index < -0.39 is 40.1 Å². The number of ether oxygens (including phenoxy) is 3. The molecule has 0 bridgehead atoms. The highest BCUT2D eigenvalue weighted by atomic mass is 32.2. The molecule has 136 valence electrons. The lowest BCUT2D eigenvalue weighted by molar-refractivity contribution is -0.180. The standard InChI is InChI=1S/C15H21FO7S/c1-10(2)22-15(3,4)23-13-9-11(5-6-12(13)16)14(17)21-7-8-24(18,19)20/h5-6,9-10H,7-8H2,1-4H3,(H,18,19,20)/p-1. The molecule has 0 unspecified atom stereocenters. The van der Waals surface area contributed by atoms with Crippen molar-refractivity contribution >= 4 is 16.1 Å². The fraction of sp³-hybridized carbons (Fsp3) is 0.533. The minimum absolute atomic E-state index is 0.0463. The van der Waals surface area contributed by atoms with E-state index >= 15 is 0 Å². The molecule has 0 spiro atoms. The highest BCUT2D eigenvalue weighted by molar-refractivity contribution is 7.85. The fourth-order valence-electron chi connectivity index (χ4n) is 1.88. The van der Waals surface area contributed by atoms with Gasteiger partial charge in [-0.3, -0.25) is 0 Å². The maximum absolute atomic E-state index is 13.9. The van der Waals surface area contributed by atoms with Crippen LogP contribution in [0.25, 0.3) is 0 Å². The summed E-state index contributed by atoms with van der Waals surface area (Å²) in [5, 5.41) is 0. The molecule has 9 heteroatoms. The smallest absolute Gasteiger partial charge is 0.338 e. The first kappa shape index (κ1) is 20.3. The second kappa shape index (κ2) is 7.91. The van der Waals surface area contributed by atoms with Crippen molar-refractivity contribution in [2.45, 2.75) is 39.6 Å². The molecule has 0 atom stereocenters. The van der Waals surface area contributed by atoms with Crippen LogP contribution in [-0.4, -0.2) is 43.2 Å². The molecule has 0 N–H and O–H groups in total. The van der Waals surface area contributed by atoms with Gasteiger partial charge in [-0.1, -0.05) is 0 Å². The summed E-state index contributed by atoms with van der Waals surface area (Å²) in [7, 11) is -4.48. The third-order valence-corrected chi connectivity index (χ3v) is 3.28. The van der Waals surface area contributed by atoms with E-state index in [4.69, 9.17) is 9.47 Å². The van der Waals surface area contributed by atoms with Gasteiger partial charge in [-0.05, 0) is 32.0 Å². The van der Waals surface area contributed by atoms with Crippen molar-refractivity contribution in [2.75, 3.05) is 12.4 Å². The second-order valence-electron chi connectivity index (χ2n) is 5.71. The van der Waals surface area contributed by atoms with Crippen molar-refractivity contribution in [1.82, 2.24) is 0 Å². The zero-order valence-electron chi connectivity index (χ0n) is 13.9. The number of rotatable bonds is 8. The first-order valence-electron chi connectivity index (χ1n) is 7.17. The molecule has 7 nitrogen and oxygen atoms in total. The molecular formula is C15H20FO7S-. The Bertz CT molecular complexity index is 683. The zero-order valence-corrected chi connectivity index (χ0v) is 14.7. The molecule has 1 aromatic carbocycles. The zero-order chi connectivity index (χ0) is 18.5. The summed E-state index contributed by atoms with van der Waals surface area (Å²) in [5.41, 5.74) is -0.0463. The molecule has 0 fully saturated rings. The maximum atomic E-state index is 13.9. The number of halogens is 1. The van der Waals surface area contributed by atoms with Gasteiger partial charge in [-0.2, -0.15) is 0 Å². The Kier molecular flexibility index (Phi) is 6.70. The summed E-state index contributed by atoms with van der Waals surface area (Å²) in [6.45, 7) is 6.19. The molecule has 0 aliphatic carbocycles. The summed E-state index contributed by atoms with van der Waals surface area (Å²) in [6.07, 6.45) is -0.162. The van der Waals surface area contributed by atoms with Crippen LogP contribution >= 0.6 is 0 Å². The first-order chi connectivity index (χ1) is 10.9. The average Bonchev–Trinajstić information content (AvgIpc) is 2.37. The molecule has 1 aromatic rings. The maximum Gasteiger partial charge on any atom is 0.338 e. The van der Waals surface area contributed by atoms with Crippen molar-refractivity contribution in [3.8, 4) is 5.75 Å². The SMILES string of the molecule is CC(C)OC(C)(C)Oc1cc(C(=O)OCCS(=O)(=O)[O-])ccc1F. The third kappa shape index (κ3) is 7.24. The minimum Gasteiger partial charge on any atom is -0.748 e. The van der Waals surface area contributed by atoms with Gasteiger partial charge in [0, 0.05) is 13.8 Å². The average molecular weight is 363 g/mol. The monoisotopic (exact) mass is 363 g/mol. The van der Waals surface area contributed by atoms with Gasteiger partial charge in [-0.25, -0.2) is 17.6 Å². The van der Waals surface area contributed by atoms with Crippen LogP contribution < -0.4 is 4.74 Å². The number of esters is 1. The van der Waals surface area contributed by atoms with Crippen LogP contribution in [0, 0.1) is 5.82 Å². The van der Waals surface area contributed by atoms with Gasteiger partial charge in [-0.15, -0.1) is 0 Å². The van der Waals surface area contributed by atoms with E-state index in [0.717, 1.165) is 18.2 Å². The normalized spacial score (nSPS) is 12.3. The largest absolute Gasteiger partial charge is 0.748 e. The van der Waals surface area contributed by atoms with Crippen molar-refractivity contribution < 1.29 is 36.4 Å². The van der Waals surface area contributed by atoms with Crippen molar-refractivity contribution in [1.29, 1.82) is 0 Å². The lowest BCUT2D eigenvalue weighted by Gasteiger charge is -2.29. The molecule has 0 aliphatic heterocycles. The van der Waals surface area contributed by atoms with Gasteiger partial charge in [0.05, 0.1) is 27.5 Å². The van der Waals surface area contributed by atoms with Crippen LogP contribution in [-0.2, 0) is 19.6 Å². The predicted octanol–water partition coefficient (Wildman–Crippen LogP) is 2.07. The van der Waals surface area contributed by atoms with Crippen molar-refractivity contribution in [3.05, 3.63) is 29.6 Å². The molecule has 0 heterocycles. The molecule has 0 radical (unpaired) electrons. The van der Waals surface area contributed by atoms with Gasteiger partial charge in [0.25, 0.3) is 0 Å². The van der Waals surface area contributed by atoms with E-state index in [-0.39, 0.29) is 17.4 Å². The highest BCUT2D eigenvalue weighted by Gasteiger charge is 2.24. The summed E-state index contributed by atoms with van der Waals surface area (Å²) < 4.78 is 60.8. The van der Waals surface area contributed by atoms with Gasteiger partial charge < -0.3 is 18.8 Å². The summed E-state index contributed by atoms with van der Waals surface area (Å²) in [4.78, 5) is 11.8. The summed E-state index contributed by atoms with van der Waals surface area (Å²) in [6, 6.07) is 3.29. The Morgan fingerprint density at radius 1 is 1.33 bits per heavy atom. The quantitative estimate of drug-likeness (QED) is 0.396. The number of hydrogen-bond donors (Lipinski definition) is 0. The Labute approximate surface area is 140 Å². The van der Waals surface area contributed by atoms with Crippen LogP contribution in [0.5, 0.6) is 5.75 Å².